The lowest BCUT2D eigenvalue weighted by molar-refractivity contribution is 0.0487. The van der Waals surface area contributed by atoms with Crippen LogP contribution in [0.25, 0.3) is 4.85 Å². The molecule has 0 atom stereocenters. The van der Waals surface area contributed by atoms with Gasteiger partial charge in [0.05, 0.1) is 18.7 Å². The Morgan fingerprint density at radius 1 is 1.26 bits per heavy atom. The Kier molecular flexibility index (Phi) is 4.82. The molecule has 0 spiro atoms. The van der Waals surface area contributed by atoms with Crippen molar-refractivity contribution in [2.75, 3.05) is 6.61 Å². The lowest BCUT2D eigenvalue weighted by Gasteiger charge is -2.14. The summed E-state index contributed by atoms with van der Waals surface area (Å²) in [5, 5.41) is 10.1. The zero-order valence-corrected chi connectivity index (χ0v) is 12.9. The minimum Gasteiger partial charge on any atom is -0.494 e. The third-order valence-electron chi connectivity index (χ3n) is 3.63. The van der Waals surface area contributed by atoms with Crippen LogP contribution in [0.1, 0.15) is 21.5 Å². The molecule has 0 fully saturated rings. The van der Waals surface area contributed by atoms with Crippen LogP contribution >= 0.6 is 0 Å². The third kappa shape index (κ3) is 3.24. The third-order valence-corrected chi connectivity index (χ3v) is 3.63. The molecule has 1 N–H and O–H groups in total. The van der Waals surface area contributed by atoms with E-state index >= 15 is 0 Å². The van der Waals surface area contributed by atoms with Crippen molar-refractivity contribution in [2.45, 2.75) is 20.4 Å². The Morgan fingerprint density at radius 3 is 2.52 bits per heavy atom. The van der Waals surface area contributed by atoms with Crippen LogP contribution in [0.3, 0.4) is 0 Å². The molecule has 118 valence electrons. The standard InChI is InChI=1S/C17H16N2O4/c1-11-12(2)15(20)19(16(21)14(11)18-3)9-10-23-17(22)13-7-5-4-6-8-13/h4-8,20H,9-10H2,1-2H3. The Labute approximate surface area is 133 Å². The summed E-state index contributed by atoms with van der Waals surface area (Å²) in [7, 11) is 0. The lowest BCUT2D eigenvalue weighted by Crippen LogP contribution is -2.24. The number of ether oxygens (including phenoxy) is 1. The monoisotopic (exact) mass is 312 g/mol. The van der Waals surface area contributed by atoms with Gasteiger partial charge >= 0.3 is 5.97 Å². The van der Waals surface area contributed by atoms with E-state index in [1.165, 1.54) is 0 Å². The van der Waals surface area contributed by atoms with Crippen molar-refractivity contribution in [1.29, 1.82) is 0 Å². The summed E-state index contributed by atoms with van der Waals surface area (Å²) >= 11 is 0. The van der Waals surface area contributed by atoms with E-state index in [1.807, 2.05) is 0 Å². The highest BCUT2D eigenvalue weighted by atomic mass is 16.5. The van der Waals surface area contributed by atoms with Gasteiger partial charge in [-0.25, -0.2) is 9.64 Å². The van der Waals surface area contributed by atoms with Crippen LogP contribution in [0.2, 0.25) is 0 Å². The Bertz CT molecular complexity index is 832. The summed E-state index contributed by atoms with van der Waals surface area (Å²) in [6.07, 6.45) is 0. The first-order valence-corrected chi connectivity index (χ1v) is 7.00. The minimum atomic E-state index is -0.587. The first-order chi connectivity index (χ1) is 11.0. The molecule has 0 unspecified atom stereocenters. The molecule has 1 aromatic heterocycles. The van der Waals surface area contributed by atoms with Gasteiger partial charge in [-0.1, -0.05) is 18.2 Å². The normalized spacial score (nSPS) is 10.1. The van der Waals surface area contributed by atoms with Crippen molar-refractivity contribution >= 4 is 11.7 Å². The maximum absolute atomic E-state index is 12.2. The van der Waals surface area contributed by atoms with Crippen molar-refractivity contribution < 1.29 is 14.6 Å². The molecule has 0 radical (unpaired) electrons. The number of carbonyl (C=O) groups excluding carboxylic acids is 1. The van der Waals surface area contributed by atoms with Crippen molar-refractivity contribution in [3.8, 4) is 5.88 Å². The molecule has 0 saturated carbocycles. The number of nitrogens with zero attached hydrogens (tertiary/aromatic N) is 2. The lowest BCUT2D eigenvalue weighted by atomic mass is 10.1. The number of benzene rings is 1. The van der Waals surface area contributed by atoms with Crippen LogP contribution in [-0.2, 0) is 11.3 Å². The van der Waals surface area contributed by atoms with E-state index in [4.69, 9.17) is 11.3 Å². The molecular formula is C17H16N2O4. The SMILES string of the molecule is [C-]#[N+]c1c(C)c(C)c(O)n(CCOC(=O)c2ccccc2)c1=O. The van der Waals surface area contributed by atoms with E-state index in [-0.39, 0.29) is 24.7 Å². The zero-order valence-electron chi connectivity index (χ0n) is 12.9. The molecule has 23 heavy (non-hydrogen) atoms. The van der Waals surface area contributed by atoms with Crippen LogP contribution in [0.5, 0.6) is 5.88 Å². The quantitative estimate of drug-likeness (QED) is 0.695. The predicted octanol–water partition coefficient (Wildman–Crippen LogP) is 2.58. The number of hydrogen-bond acceptors (Lipinski definition) is 4. The zero-order chi connectivity index (χ0) is 17.0. The summed E-state index contributed by atoms with van der Waals surface area (Å²) in [4.78, 5) is 27.2. The van der Waals surface area contributed by atoms with Gasteiger partial charge in [0.25, 0.3) is 11.2 Å². The second-order valence-electron chi connectivity index (χ2n) is 4.99. The molecule has 2 aromatic rings. The van der Waals surface area contributed by atoms with Gasteiger partial charge in [0.2, 0.25) is 0 Å². The van der Waals surface area contributed by atoms with E-state index in [2.05, 4.69) is 4.85 Å². The van der Waals surface area contributed by atoms with Crippen LogP contribution in [0, 0.1) is 20.4 Å². The molecule has 6 nitrogen and oxygen atoms in total. The van der Waals surface area contributed by atoms with Crippen molar-refractivity contribution in [3.05, 3.63) is 68.8 Å². The number of rotatable bonds is 4. The number of aromatic nitrogens is 1. The van der Waals surface area contributed by atoms with Crippen LogP contribution in [-0.4, -0.2) is 22.2 Å². The van der Waals surface area contributed by atoms with Gasteiger partial charge in [0.15, 0.2) is 5.88 Å². The van der Waals surface area contributed by atoms with Gasteiger partial charge in [-0.15, -0.1) is 0 Å². The first kappa shape index (κ1) is 16.3. The largest absolute Gasteiger partial charge is 0.494 e. The summed E-state index contributed by atoms with van der Waals surface area (Å²) in [5.74, 6) is -0.719. The van der Waals surface area contributed by atoms with Gasteiger partial charge in [0.1, 0.15) is 6.61 Å². The number of aromatic hydroxyl groups is 1. The van der Waals surface area contributed by atoms with E-state index in [0.717, 1.165) is 4.57 Å². The highest BCUT2D eigenvalue weighted by Gasteiger charge is 2.16. The average Bonchev–Trinajstić information content (AvgIpc) is 2.57. The fourth-order valence-electron chi connectivity index (χ4n) is 2.16. The van der Waals surface area contributed by atoms with Gasteiger partial charge < -0.3 is 9.84 Å². The van der Waals surface area contributed by atoms with Crippen LogP contribution in [0.4, 0.5) is 5.69 Å². The van der Waals surface area contributed by atoms with Gasteiger partial charge in [0, 0.05) is 5.56 Å². The Morgan fingerprint density at radius 2 is 1.91 bits per heavy atom. The van der Waals surface area contributed by atoms with E-state index in [0.29, 0.717) is 16.7 Å². The minimum absolute atomic E-state index is 0.0210. The highest BCUT2D eigenvalue weighted by Crippen LogP contribution is 2.24. The molecule has 6 heteroatoms. The first-order valence-electron chi connectivity index (χ1n) is 7.00. The molecule has 0 aliphatic carbocycles. The van der Waals surface area contributed by atoms with Gasteiger partial charge in [-0.2, -0.15) is 0 Å². The molecule has 2 rings (SSSR count). The molecule has 1 aromatic carbocycles. The van der Waals surface area contributed by atoms with Crippen LogP contribution < -0.4 is 5.56 Å². The number of hydrogen-bond donors (Lipinski definition) is 1. The Hall–Kier alpha value is -3.07. The second-order valence-corrected chi connectivity index (χ2v) is 4.99. The van der Waals surface area contributed by atoms with Crippen molar-refractivity contribution in [1.82, 2.24) is 4.57 Å². The molecule has 0 aliphatic heterocycles. The summed E-state index contributed by atoms with van der Waals surface area (Å²) in [6, 6.07) is 8.48. The fraction of sp³-hybridized carbons (Fsp3) is 0.235. The Balaban J connectivity index is 2.16. The summed E-state index contributed by atoms with van der Waals surface area (Å²) in [5.41, 5.74) is 0.710. The average molecular weight is 312 g/mol. The number of pyridine rings is 1. The molecule has 0 aliphatic rings. The maximum Gasteiger partial charge on any atom is 0.338 e. The van der Waals surface area contributed by atoms with E-state index in [1.54, 1.807) is 44.2 Å². The maximum atomic E-state index is 12.2. The second kappa shape index (κ2) is 6.79. The molecule has 0 bridgehead atoms. The van der Waals surface area contributed by atoms with E-state index in [9.17, 15) is 14.7 Å². The predicted molar refractivity (Wildman–Crippen MR) is 84.8 cm³/mol. The summed E-state index contributed by atoms with van der Waals surface area (Å²) < 4.78 is 6.15. The smallest absolute Gasteiger partial charge is 0.338 e. The van der Waals surface area contributed by atoms with Crippen molar-refractivity contribution in [3.63, 3.8) is 0 Å². The summed E-state index contributed by atoms with van der Waals surface area (Å²) in [6.45, 7) is 10.2. The molecule has 0 saturated heterocycles. The number of esters is 1. The van der Waals surface area contributed by atoms with Gasteiger partial charge in [-0.05, 0) is 31.5 Å². The fourth-order valence-corrected chi connectivity index (χ4v) is 2.16. The van der Waals surface area contributed by atoms with E-state index < -0.39 is 11.5 Å². The molecular weight excluding hydrogens is 296 g/mol. The topological polar surface area (TPSA) is 72.9 Å². The van der Waals surface area contributed by atoms with Gasteiger partial charge in [-0.3, -0.25) is 9.36 Å². The van der Waals surface area contributed by atoms with Crippen LogP contribution in [0.15, 0.2) is 35.1 Å². The molecule has 0 amide bonds. The molecule has 1 heterocycles. The number of carbonyl (C=O) groups is 1. The highest BCUT2D eigenvalue weighted by molar-refractivity contribution is 5.89. The van der Waals surface area contributed by atoms with Crippen molar-refractivity contribution in [2.24, 2.45) is 0 Å².